The molecule has 1 fully saturated rings. The normalized spacial score (nSPS) is 15.2. The molecular formula is C16H25N3O4S. The number of nitrogens with zero attached hydrogens (tertiary/aromatic N) is 2. The number of thiazole rings is 1. The first-order chi connectivity index (χ1) is 11.5. The molecule has 0 bridgehead atoms. The number of urea groups is 1. The third kappa shape index (κ3) is 5.76. The highest BCUT2D eigenvalue weighted by molar-refractivity contribution is 7.09. The number of rotatable bonds is 9. The van der Waals surface area contributed by atoms with Gasteiger partial charge < -0.3 is 19.7 Å². The summed E-state index contributed by atoms with van der Waals surface area (Å²) in [6, 6.07) is -0.847. The minimum atomic E-state index is -0.802. The summed E-state index contributed by atoms with van der Waals surface area (Å²) in [6.45, 7) is 5.18. The van der Waals surface area contributed by atoms with Gasteiger partial charge in [0.25, 0.3) is 0 Å². The molecule has 1 aromatic rings. The topological polar surface area (TPSA) is 80.8 Å². The lowest BCUT2D eigenvalue weighted by Gasteiger charge is -2.25. The van der Waals surface area contributed by atoms with Crippen LogP contribution in [0.1, 0.15) is 31.6 Å². The molecule has 0 aliphatic heterocycles. The highest BCUT2D eigenvalue weighted by atomic mass is 32.1. The van der Waals surface area contributed by atoms with Gasteiger partial charge >= 0.3 is 12.0 Å². The van der Waals surface area contributed by atoms with Crippen LogP contribution in [0.25, 0.3) is 0 Å². The Kier molecular flexibility index (Phi) is 6.99. The van der Waals surface area contributed by atoms with E-state index in [4.69, 9.17) is 9.47 Å². The van der Waals surface area contributed by atoms with Crippen LogP contribution in [-0.4, -0.2) is 54.3 Å². The molecule has 0 saturated heterocycles. The van der Waals surface area contributed by atoms with Gasteiger partial charge in [0.15, 0.2) is 6.04 Å². The van der Waals surface area contributed by atoms with E-state index < -0.39 is 12.0 Å². The zero-order chi connectivity index (χ0) is 17.5. The summed E-state index contributed by atoms with van der Waals surface area (Å²) < 4.78 is 10.3. The Morgan fingerprint density at radius 1 is 1.42 bits per heavy atom. The molecule has 0 radical (unpaired) electrons. The van der Waals surface area contributed by atoms with Crippen LogP contribution in [0.15, 0.2) is 11.7 Å². The molecule has 2 rings (SSSR count). The Morgan fingerprint density at radius 3 is 2.71 bits per heavy atom. The molecule has 0 aromatic carbocycles. The quantitative estimate of drug-likeness (QED) is 0.686. The number of ether oxygens (including phenoxy) is 2. The molecule has 1 aliphatic carbocycles. The van der Waals surface area contributed by atoms with Gasteiger partial charge in [-0.2, -0.15) is 0 Å². The summed E-state index contributed by atoms with van der Waals surface area (Å²) in [4.78, 5) is 31.3. The van der Waals surface area contributed by atoms with E-state index in [0.717, 1.165) is 17.7 Å². The summed E-state index contributed by atoms with van der Waals surface area (Å²) in [6.07, 6.45) is 3.73. The lowest BCUT2D eigenvalue weighted by Crippen LogP contribution is -2.50. The number of amides is 2. The van der Waals surface area contributed by atoms with Crippen LogP contribution in [0.4, 0.5) is 4.79 Å². The predicted molar refractivity (Wildman–Crippen MR) is 90.7 cm³/mol. The van der Waals surface area contributed by atoms with Crippen molar-refractivity contribution in [2.24, 2.45) is 5.92 Å². The SMILES string of the molecule is COC(=O)[C@H](COCC(C)C)NC(=O)N(Cc1cncs1)C1CC1. The van der Waals surface area contributed by atoms with Gasteiger partial charge in [-0.1, -0.05) is 13.8 Å². The van der Waals surface area contributed by atoms with Crippen molar-refractivity contribution in [3.8, 4) is 0 Å². The molecule has 24 heavy (non-hydrogen) atoms. The van der Waals surface area contributed by atoms with E-state index in [-0.39, 0.29) is 18.7 Å². The van der Waals surface area contributed by atoms with Crippen LogP contribution in [0.2, 0.25) is 0 Å². The Morgan fingerprint density at radius 2 is 2.17 bits per heavy atom. The summed E-state index contributed by atoms with van der Waals surface area (Å²) in [5.74, 6) is -0.145. The van der Waals surface area contributed by atoms with Crippen molar-refractivity contribution in [2.45, 2.75) is 45.3 Å². The van der Waals surface area contributed by atoms with Crippen molar-refractivity contribution in [3.05, 3.63) is 16.6 Å². The predicted octanol–water partition coefficient (Wildman–Crippen LogP) is 2.03. The van der Waals surface area contributed by atoms with Gasteiger partial charge in [0.05, 0.1) is 25.8 Å². The Hall–Kier alpha value is -1.67. The maximum absolute atomic E-state index is 12.6. The largest absolute Gasteiger partial charge is 0.467 e. The minimum Gasteiger partial charge on any atom is -0.467 e. The maximum atomic E-state index is 12.6. The maximum Gasteiger partial charge on any atom is 0.330 e. The Labute approximate surface area is 146 Å². The summed E-state index contributed by atoms with van der Waals surface area (Å²) >= 11 is 1.51. The van der Waals surface area contributed by atoms with Crippen molar-refractivity contribution in [1.82, 2.24) is 15.2 Å². The van der Waals surface area contributed by atoms with E-state index in [9.17, 15) is 9.59 Å². The van der Waals surface area contributed by atoms with Crippen LogP contribution in [0, 0.1) is 5.92 Å². The molecule has 2 amide bonds. The summed E-state index contributed by atoms with van der Waals surface area (Å²) in [7, 11) is 1.31. The average Bonchev–Trinajstić information content (AvgIpc) is 3.26. The molecule has 1 saturated carbocycles. The fraction of sp³-hybridized carbons (Fsp3) is 0.688. The molecule has 8 heteroatoms. The number of methoxy groups -OCH3 is 1. The standard InChI is InChI=1S/C16H25N3O4S/c1-11(2)8-23-9-14(15(20)22-3)18-16(21)19(12-4-5-12)7-13-6-17-10-24-13/h6,10-12,14H,4-5,7-9H2,1-3H3,(H,18,21)/t14-/m0/s1. The molecule has 0 spiro atoms. The van der Waals surface area contributed by atoms with Crippen LogP contribution >= 0.6 is 11.3 Å². The van der Waals surface area contributed by atoms with Crippen molar-refractivity contribution < 1.29 is 19.1 Å². The van der Waals surface area contributed by atoms with Crippen LogP contribution < -0.4 is 5.32 Å². The van der Waals surface area contributed by atoms with Gasteiger partial charge in [-0.25, -0.2) is 9.59 Å². The third-order valence-corrected chi connectivity index (χ3v) is 4.34. The van der Waals surface area contributed by atoms with E-state index in [1.165, 1.54) is 18.4 Å². The van der Waals surface area contributed by atoms with Gasteiger partial charge in [-0.15, -0.1) is 11.3 Å². The second-order valence-electron chi connectivity index (χ2n) is 6.28. The number of nitrogens with one attached hydrogen (secondary N) is 1. The second-order valence-corrected chi connectivity index (χ2v) is 7.25. The molecule has 1 heterocycles. The highest BCUT2D eigenvalue weighted by Crippen LogP contribution is 2.29. The van der Waals surface area contributed by atoms with Crippen molar-refractivity contribution >= 4 is 23.3 Å². The Balaban J connectivity index is 1.94. The van der Waals surface area contributed by atoms with Gasteiger partial charge in [0.1, 0.15) is 0 Å². The molecule has 1 aromatic heterocycles. The zero-order valence-electron chi connectivity index (χ0n) is 14.4. The number of carbonyl (C=O) groups excluding carboxylic acids is 2. The highest BCUT2D eigenvalue weighted by Gasteiger charge is 2.34. The Bertz CT molecular complexity index is 531. The molecule has 1 N–H and O–H groups in total. The molecule has 7 nitrogen and oxygen atoms in total. The van der Waals surface area contributed by atoms with Crippen LogP contribution in [0.5, 0.6) is 0 Å². The fourth-order valence-corrected chi connectivity index (χ4v) is 2.80. The fourth-order valence-electron chi connectivity index (χ4n) is 2.21. The first-order valence-corrected chi connectivity index (χ1v) is 8.99. The first kappa shape index (κ1) is 18.7. The molecular weight excluding hydrogens is 330 g/mol. The second kappa shape index (κ2) is 8.98. The summed E-state index contributed by atoms with van der Waals surface area (Å²) in [5.41, 5.74) is 1.75. The van der Waals surface area contributed by atoms with E-state index in [0.29, 0.717) is 19.1 Å². The zero-order valence-corrected chi connectivity index (χ0v) is 15.2. The average molecular weight is 355 g/mol. The van der Waals surface area contributed by atoms with E-state index >= 15 is 0 Å². The lowest BCUT2D eigenvalue weighted by molar-refractivity contribution is -0.144. The lowest BCUT2D eigenvalue weighted by atomic mass is 10.2. The number of hydrogen-bond donors (Lipinski definition) is 1. The molecule has 134 valence electrons. The van der Waals surface area contributed by atoms with Gasteiger partial charge in [-0.3, -0.25) is 4.98 Å². The first-order valence-electron chi connectivity index (χ1n) is 8.11. The number of hydrogen-bond acceptors (Lipinski definition) is 6. The van der Waals surface area contributed by atoms with Crippen molar-refractivity contribution in [1.29, 1.82) is 0 Å². The van der Waals surface area contributed by atoms with Crippen molar-refractivity contribution in [2.75, 3.05) is 20.3 Å². The third-order valence-electron chi connectivity index (χ3n) is 3.58. The van der Waals surface area contributed by atoms with Crippen molar-refractivity contribution in [3.63, 3.8) is 0 Å². The van der Waals surface area contributed by atoms with Gasteiger partial charge in [0, 0.05) is 23.7 Å². The monoisotopic (exact) mass is 355 g/mol. The van der Waals surface area contributed by atoms with Crippen LogP contribution in [0.3, 0.4) is 0 Å². The minimum absolute atomic E-state index is 0.107. The van der Waals surface area contributed by atoms with E-state index in [1.807, 2.05) is 13.8 Å². The smallest absolute Gasteiger partial charge is 0.330 e. The number of carbonyl (C=O) groups is 2. The van der Waals surface area contributed by atoms with E-state index in [1.54, 1.807) is 16.6 Å². The molecule has 1 atom stereocenters. The molecule has 0 unspecified atom stereocenters. The van der Waals surface area contributed by atoms with Gasteiger partial charge in [-0.05, 0) is 18.8 Å². The van der Waals surface area contributed by atoms with E-state index in [2.05, 4.69) is 10.3 Å². The summed E-state index contributed by atoms with van der Waals surface area (Å²) in [5, 5.41) is 2.75. The molecule has 1 aliphatic rings. The van der Waals surface area contributed by atoms with Crippen LogP contribution in [-0.2, 0) is 20.8 Å². The number of aromatic nitrogens is 1. The van der Waals surface area contributed by atoms with Gasteiger partial charge in [0.2, 0.25) is 0 Å². The number of esters is 1.